The van der Waals surface area contributed by atoms with Crippen LogP contribution in [-0.4, -0.2) is 41.9 Å². The van der Waals surface area contributed by atoms with Gasteiger partial charge in [-0.2, -0.15) is 0 Å². The molecule has 1 aliphatic heterocycles. The zero-order valence-corrected chi connectivity index (χ0v) is 16.3. The third-order valence-electron chi connectivity index (χ3n) is 6.03. The second kappa shape index (κ2) is 8.71. The maximum Gasteiger partial charge on any atom is 0.311 e. The van der Waals surface area contributed by atoms with Crippen LogP contribution in [0.4, 0.5) is 10.1 Å². The standard InChI is InChI=1S/C21H27FN2O4/c1-13-4-3-5-18(14(13)2)24-11-15(10-20(24)26)21(27)28-12-19(25)23-17-8-6-16(22)7-9-17/h6-9,13-15,18H,3-5,10-12H2,1-2H3,(H,23,25)/t13-,14-,15-,18-/m1/s1. The van der Waals surface area contributed by atoms with Gasteiger partial charge in [-0.1, -0.05) is 26.7 Å². The molecule has 1 saturated heterocycles. The van der Waals surface area contributed by atoms with E-state index >= 15 is 0 Å². The first-order chi connectivity index (χ1) is 13.3. The van der Waals surface area contributed by atoms with Gasteiger partial charge >= 0.3 is 5.97 Å². The largest absolute Gasteiger partial charge is 0.455 e. The maximum atomic E-state index is 12.9. The lowest BCUT2D eigenvalue weighted by molar-refractivity contribution is -0.151. The van der Waals surface area contributed by atoms with Crippen molar-refractivity contribution in [2.24, 2.45) is 17.8 Å². The molecule has 1 saturated carbocycles. The molecule has 0 aromatic heterocycles. The van der Waals surface area contributed by atoms with Crippen LogP contribution in [0.25, 0.3) is 0 Å². The summed E-state index contributed by atoms with van der Waals surface area (Å²) in [7, 11) is 0. The maximum absolute atomic E-state index is 12.9. The highest BCUT2D eigenvalue weighted by atomic mass is 19.1. The number of nitrogens with one attached hydrogen (secondary N) is 1. The van der Waals surface area contributed by atoms with Gasteiger partial charge in [0, 0.05) is 24.7 Å². The van der Waals surface area contributed by atoms with Crippen molar-refractivity contribution in [3.8, 4) is 0 Å². The zero-order valence-electron chi connectivity index (χ0n) is 16.3. The summed E-state index contributed by atoms with van der Waals surface area (Å²) in [6.45, 7) is 4.31. The summed E-state index contributed by atoms with van der Waals surface area (Å²) in [5, 5.41) is 2.53. The Hall–Kier alpha value is -2.44. The molecule has 0 spiro atoms. The third-order valence-corrected chi connectivity index (χ3v) is 6.03. The highest BCUT2D eigenvalue weighted by Gasteiger charge is 2.42. The summed E-state index contributed by atoms with van der Waals surface area (Å²) in [6.07, 6.45) is 3.38. The quantitative estimate of drug-likeness (QED) is 0.785. The molecule has 6 nitrogen and oxygen atoms in total. The number of halogens is 1. The van der Waals surface area contributed by atoms with E-state index in [1.165, 1.54) is 30.7 Å². The van der Waals surface area contributed by atoms with Crippen LogP contribution >= 0.6 is 0 Å². The van der Waals surface area contributed by atoms with Gasteiger partial charge in [0.1, 0.15) is 5.82 Å². The van der Waals surface area contributed by atoms with Gasteiger partial charge in [-0.3, -0.25) is 14.4 Å². The molecule has 152 valence electrons. The van der Waals surface area contributed by atoms with Crippen LogP contribution in [0.15, 0.2) is 24.3 Å². The van der Waals surface area contributed by atoms with Crippen molar-refractivity contribution in [1.82, 2.24) is 4.90 Å². The van der Waals surface area contributed by atoms with Crippen LogP contribution in [0, 0.1) is 23.6 Å². The van der Waals surface area contributed by atoms with Gasteiger partial charge in [0.05, 0.1) is 5.92 Å². The fourth-order valence-electron chi connectivity index (χ4n) is 4.19. The fourth-order valence-corrected chi connectivity index (χ4v) is 4.19. The Labute approximate surface area is 164 Å². The fraction of sp³-hybridized carbons (Fsp3) is 0.571. The lowest BCUT2D eigenvalue weighted by Gasteiger charge is -2.39. The zero-order chi connectivity index (χ0) is 20.3. The smallest absolute Gasteiger partial charge is 0.311 e. The minimum absolute atomic E-state index is 0.0105. The number of rotatable bonds is 5. The van der Waals surface area contributed by atoms with Crippen molar-refractivity contribution in [2.75, 3.05) is 18.5 Å². The molecule has 2 amide bonds. The number of hydrogen-bond donors (Lipinski definition) is 1. The molecular formula is C21H27FN2O4. The summed E-state index contributed by atoms with van der Waals surface area (Å²) < 4.78 is 18.0. The Morgan fingerprint density at radius 2 is 1.93 bits per heavy atom. The van der Waals surface area contributed by atoms with Crippen LogP contribution in [0.5, 0.6) is 0 Å². The Morgan fingerprint density at radius 3 is 2.64 bits per heavy atom. The second-order valence-corrected chi connectivity index (χ2v) is 7.94. The van der Waals surface area contributed by atoms with E-state index in [1.807, 2.05) is 4.90 Å². The van der Waals surface area contributed by atoms with Gasteiger partial charge in [0.15, 0.2) is 6.61 Å². The molecule has 1 N–H and O–H groups in total. The Balaban J connectivity index is 1.49. The van der Waals surface area contributed by atoms with Crippen molar-refractivity contribution in [1.29, 1.82) is 0 Å². The molecular weight excluding hydrogens is 363 g/mol. The van der Waals surface area contributed by atoms with E-state index in [9.17, 15) is 18.8 Å². The van der Waals surface area contributed by atoms with E-state index in [0.29, 0.717) is 24.1 Å². The first-order valence-corrected chi connectivity index (χ1v) is 9.86. The second-order valence-electron chi connectivity index (χ2n) is 7.94. The molecule has 28 heavy (non-hydrogen) atoms. The monoisotopic (exact) mass is 390 g/mol. The number of carbonyl (C=O) groups excluding carboxylic acids is 3. The van der Waals surface area contributed by atoms with Crippen LogP contribution in [0.1, 0.15) is 39.5 Å². The lowest BCUT2D eigenvalue weighted by Crippen LogP contribution is -2.45. The molecule has 1 aromatic rings. The topological polar surface area (TPSA) is 75.7 Å². The first kappa shape index (κ1) is 20.3. The Kier molecular flexibility index (Phi) is 6.31. The number of hydrogen-bond acceptors (Lipinski definition) is 4. The van der Waals surface area contributed by atoms with Crippen molar-refractivity contribution < 1.29 is 23.5 Å². The number of carbonyl (C=O) groups is 3. The lowest BCUT2D eigenvalue weighted by atomic mass is 9.77. The van der Waals surface area contributed by atoms with E-state index in [2.05, 4.69) is 19.2 Å². The minimum Gasteiger partial charge on any atom is -0.455 e. The average Bonchev–Trinajstić information content (AvgIpc) is 3.05. The number of nitrogens with zero attached hydrogens (tertiary/aromatic N) is 1. The normalized spacial score (nSPS) is 27.5. The molecule has 7 heteroatoms. The van der Waals surface area contributed by atoms with Crippen molar-refractivity contribution >= 4 is 23.5 Å². The average molecular weight is 390 g/mol. The number of likely N-dealkylation sites (tertiary alicyclic amines) is 1. The van der Waals surface area contributed by atoms with Crippen molar-refractivity contribution in [2.45, 2.75) is 45.6 Å². The van der Waals surface area contributed by atoms with Crippen LogP contribution in [-0.2, 0) is 19.1 Å². The summed E-state index contributed by atoms with van der Waals surface area (Å²) in [4.78, 5) is 38.5. The van der Waals surface area contributed by atoms with Gasteiger partial charge in [-0.25, -0.2) is 4.39 Å². The molecule has 1 heterocycles. The molecule has 0 bridgehead atoms. The highest BCUT2D eigenvalue weighted by Crippen LogP contribution is 2.35. The summed E-state index contributed by atoms with van der Waals surface area (Å²) in [5.74, 6) is -1.00. The minimum atomic E-state index is -0.532. The molecule has 1 aliphatic carbocycles. The van der Waals surface area contributed by atoms with Gasteiger partial charge < -0.3 is 15.0 Å². The third kappa shape index (κ3) is 4.69. The van der Waals surface area contributed by atoms with Crippen molar-refractivity contribution in [3.63, 3.8) is 0 Å². The molecule has 4 atom stereocenters. The van der Waals surface area contributed by atoms with E-state index in [4.69, 9.17) is 4.74 Å². The molecule has 0 radical (unpaired) electrons. The Bertz CT molecular complexity index is 736. The van der Waals surface area contributed by atoms with Crippen LogP contribution in [0.2, 0.25) is 0 Å². The predicted molar refractivity (Wildman–Crippen MR) is 102 cm³/mol. The Morgan fingerprint density at radius 1 is 1.21 bits per heavy atom. The summed E-state index contributed by atoms with van der Waals surface area (Å²) in [5.41, 5.74) is 0.421. The number of esters is 1. The SMILES string of the molecule is C[C@@H]1[C@H](C)CCC[C@H]1N1C[C@H](C(=O)OCC(=O)Nc2ccc(F)cc2)CC1=O. The van der Waals surface area contributed by atoms with Crippen LogP contribution < -0.4 is 5.32 Å². The molecule has 1 aromatic carbocycles. The van der Waals surface area contributed by atoms with Gasteiger partial charge in [0.25, 0.3) is 5.91 Å². The number of amides is 2. The van der Waals surface area contributed by atoms with Gasteiger partial charge in [0.2, 0.25) is 5.91 Å². The summed E-state index contributed by atoms with van der Waals surface area (Å²) in [6, 6.07) is 5.49. The molecule has 2 fully saturated rings. The van der Waals surface area contributed by atoms with Gasteiger partial charge in [-0.05, 0) is 42.5 Å². The summed E-state index contributed by atoms with van der Waals surface area (Å²) >= 11 is 0. The van der Waals surface area contributed by atoms with E-state index in [0.717, 1.165) is 12.8 Å². The predicted octanol–water partition coefficient (Wildman–Crippen LogP) is 2.98. The van der Waals surface area contributed by atoms with Gasteiger partial charge in [-0.15, -0.1) is 0 Å². The number of anilines is 1. The van der Waals surface area contributed by atoms with E-state index < -0.39 is 30.2 Å². The molecule has 3 rings (SSSR count). The molecule has 0 unspecified atom stereocenters. The van der Waals surface area contributed by atoms with Crippen molar-refractivity contribution in [3.05, 3.63) is 30.1 Å². The highest BCUT2D eigenvalue weighted by molar-refractivity contribution is 5.93. The van der Waals surface area contributed by atoms with E-state index in [1.54, 1.807) is 0 Å². The molecule has 2 aliphatic rings. The number of ether oxygens (including phenoxy) is 1. The van der Waals surface area contributed by atoms with Crippen LogP contribution in [0.3, 0.4) is 0 Å². The van der Waals surface area contributed by atoms with E-state index in [-0.39, 0.29) is 18.4 Å². The number of benzene rings is 1. The first-order valence-electron chi connectivity index (χ1n) is 9.86.